The fourth-order valence-electron chi connectivity index (χ4n) is 3.57. The summed E-state index contributed by atoms with van der Waals surface area (Å²) in [7, 11) is 2.90. The molecule has 0 unspecified atom stereocenters. The Morgan fingerprint density at radius 3 is 2.70 bits per heavy atom. The molecule has 2 aromatic carbocycles. The number of nitro groups is 1. The highest BCUT2D eigenvalue weighted by molar-refractivity contribution is 6.32. The van der Waals surface area contributed by atoms with Crippen LogP contribution in [0.1, 0.15) is 18.5 Å². The van der Waals surface area contributed by atoms with E-state index in [1.165, 1.54) is 49.2 Å². The molecule has 0 radical (unpaired) electrons. The molecule has 1 aliphatic heterocycles. The van der Waals surface area contributed by atoms with Gasteiger partial charge in [0.2, 0.25) is 5.95 Å². The number of rotatable bonds is 6. The molecule has 0 bridgehead atoms. The number of fused-ring (bicyclic) bond motifs is 1. The molecular formula is C20H18ClN7O5. The number of benzene rings is 2. The Labute approximate surface area is 192 Å². The lowest BCUT2D eigenvalue weighted by Crippen LogP contribution is -2.31. The van der Waals surface area contributed by atoms with Crippen molar-refractivity contribution in [2.24, 2.45) is 0 Å². The number of aromatic nitrogens is 4. The molecule has 0 aliphatic carbocycles. The molecule has 12 nitrogen and oxygen atoms in total. The maximum absolute atomic E-state index is 13.5. The number of halogens is 1. The first-order valence-electron chi connectivity index (χ1n) is 9.57. The van der Waals surface area contributed by atoms with Crippen LogP contribution in [0.25, 0.3) is 0 Å². The van der Waals surface area contributed by atoms with E-state index >= 15 is 0 Å². The predicted octanol–water partition coefficient (Wildman–Crippen LogP) is 3.18. The molecular weight excluding hydrogens is 454 g/mol. The van der Waals surface area contributed by atoms with Crippen LogP contribution >= 0.6 is 11.6 Å². The molecule has 1 aromatic heterocycles. The van der Waals surface area contributed by atoms with E-state index < -0.39 is 16.9 Å². The fourth-order valence-corrected chi connectivity index (χ4v) is 3.80. The summed E-state index contributed by atoms with van der Waals surface area (Å²) in [4.78, 5) is 24.3. The number of ether oxygens (including phenoxy) is 2. The first kappa shape index (κ1) is 22.0. The van der Waals surface area contributed by atoms with Gasteiger partial charge in [0, 0.05) is 30.0 Å². The number of allylic oxidation sites excluding steroid dienone is 1. The molecule has 1 aliphatic rings. The van der Waals surface area contributed by atoms with Gasteiger partial charge in [0.25, 0.3) is 11.6 Å². The number of nitrogens with one attached hydrogen (secondary N) is 2. The minimum atomic E-state index is -0.823. The Hall–Kier alpha value is -4.19. The molecule has 1 amide bonds. The third-order valence-corrected chi connectivity index (χ3v) is 5.37. The van der Waals surface area contributed by atoms with Crippen LogP contribution in [0.3, 0.4) is 0 Å². The van der Waals surface area contributed by atoms with Gasteiger partial charge in [0.15, 0.2) is 0 Å². The van der Waals surface area contributed by atoms with Crippen molar-refractivity contribution in [3.8, 4) is 11.5 Å². The molecule has 13 heteroatoms. The monoisotopic (exact) mass is 471 g/mol. The van der Waals surface area contributed by atoms with Crippen molar-refractivity contribution in [3.05, 3.63) is 68.4 Å². The van der Waals surface area contributed by atoms with Crippen molar-refractivity contribution in [1.29, 1.82) is 0 Å². The third kappa shape index (κ3) is 4.03. The highest BCUT2D eigenvalue weighted by Gasteiger charge is 2.35. The van der Waals surface area contributed by atoms with Crippen molar-refractivity contribution in [2.45, 2.75) is 13.0 Å². The van der Waals surface area contributed by atoms with Gasteiger partial charge in [-0.05, 0) is 22.9 Å². The number of non-ortho nitro benzene ring substituents is 1. The zero-order chi connectivity index (χ0) is 23.7. The summed E-state index contributed by atoms with van der Waals surface area (Å²) in [5.74, 6) is 0.469. The van der Waals surface area contributed by atoms with Crippen molar-refractivity contribution in [3.63, 3.8) is 0 Å². The van der Waals surface area contributed by atoms with E-state index in [4.69, 9.17) is 21.1 Å². The quantitative estimate of drug-likeness (QED) is 0.408. The lowest BCUT2D eigenvalue weighted by Gasteiger charge is -2.28. The Morgan fingerprint density at radius 1 is 1.24 bits per heavy atom. The summed E-state index contributed by atoms with van der Waals surface area (Å²) in [5, 5.41) is 29.0. The van der Waals surface area contributed by atoms with Crippen molar-refractivity contribution < 1.29 is 19.2 Å². The highest BCUT2D eigenvalue weighted by atomic mass is 35.5. The molecule has 2 heterocycles. The van der Waals surface area contributed by atoms with E-state index in [1.807, 2.05) is 0 Å². The van der Waals surface area contributed by atoms with Gasteiger partial charge in [0.1, 0.15) is 17.5 Å². The van der Waals surface area contributed by atoms with Crippen LogP contribution in [0.4, 0.5) is 17.3 Å². The number of methoxy groups -OCH3 is 2. The zero-order valence-corrected chi connectivity index (χ0v) is 18.5. The Morgan fingerprint density at radius 2 is 2.00 bits per heavy atom. The van der Waals surface area contributed by atoms with Crippen molar-refractivity contribution in [1.82, 2.24) is 20.2 Å². The summed E-state index contributed by atoms with van der Waals surface area (Å²) in [6, 6.07) is 8.19. The van der Waals surface area contributed by atoms with E-state index in [9.17, 15) is 14.9 Å². The van der Waals surface area contributed by atoms with Gasteiger partial charge in [-0.2, -0.15) is 4.68 Å². The standard InChI is InChI=1S/C20H18ClN7O5/c1-10-17(19(29)23-14-9-15(32-2)13(21)8-16(14)33-3)18(27-20(22-10)24-25-26-27)11-5-4-6-12(7-11)28(30)31/h4-9,18H,1-3H3,(H,23,29)(H,22,24,26)/t18-/m1/s1. The summed E-state index contributed by atoms with van der Waals surface area (Å²) < 4.78 is 12.0. The van der Waals surface area contributed by atoms with Crippen molar-refractivity contribution in [2.75, 3.05) is 24.9 Å². The molecule has 3 aromatic rings. The zero-order valence-electron chi connectivity index (χ0n) is 17.7. The summed E-state index contributed by atoms with van der Waals surface area (Å²) in [5.41, 5.74) is 1.40. The number of hydrogen-bond acceptors (Lipinski definition) is 9. The normalized spacial score (nSPS) is 14.8. The molecule has 33 heavy (non-hydrogen) atoms. The van der Waals surface area contributed by atoms with E-state index in [-0.39, 0.29) is 11.3 Å². The average Bonchev–Trinajstić information content (AvgIpc) is 3.26. The Bertz CT molecular complexity index is 1290. The second kappa shape index (κ2) is 8.74. The lowest BCUT2D eigenvalue weighted by molar-refractivity contribution is -0.384. The minimum absolute atomic E-state index is 0.123. The van der Waals surface area contributed by atoms with Gasteiger partial charge in [-0.3, -0.25) is 14.9 Å². The maximum atomic E-state index is 13.5. The molecule has 0 spiro atoms. The summed E-state index contributed by atoms with van der Waals surface area (Å²) in [6.45, 7) is 1.69. The van der Waals surface area contributed by atoms with Crippen molar-refractivity contribution >= 4 is 34.8 Å². The van der Waals surface area contributed by atoms with Crippen LogP contribution < -0.4 is 20.1 Å². The predicted molar refractivity (Wildman–Crippen MR) is 119 cm³/mol. The first-order chi connectivity index (χ1) is 15.8. The SMILES string of the molecule is COc1cc(NC(=O)C2=C(C)Nc3nnnn3[C@@H]2c2cccc([N+](=O)[O-])c2)c(OC)cc1Cl. The van der Waals surface area contributed by atoms with Crippen LogP contribution in [-0.2, 0) is 4.79 Å². The van der Waals surface area contributed by atoms with Gasteiger partial charge in [-0.1, -0.05) is 28.8 Å². The number of carbonyl (C=O) groups excluding carboxylic acids is 1. The first-order valence-corrected chi connectivity index (χ1v) is 9.94. The highest BCUT2D eigenvalue weighted by Crippen LogP contribution is 2.39. The smallest absolute Gasteiger partial charge is 0.269 e. The number of anilines is 2. The number of nitro benzene ring substituents is 1. The van der Waals surface area contributed by atoms with Gasteiger partial charge in [-0.25, -0.2) is 0 Å². The van der Waals surface area contributed by atoms with Gasteiger partial charge in [-0.15, -0.1) is 0 Å². The molecule has 0 fully saturated rings. The minimum Gasteiger partial charge on any atom is -0.495 e. The third-order valence-electron chi connectivity index (χ3n) is 5.08. The number of hydrogen-bond donors (Lipinski definition) is 2. The number of amides is 1. The molecule has 1 atom stereocenters. The van der Waals surface area contributed by atoms with E-state index in [0.29, 0.717) is 39.4 Å². The summed E-state index contributed by atoms with van der Waals surface area (Å²) >= 11 is 6.16. The van der Waals surface area contributed by atoms with Gasteiger partial charge >= 0.3 is 0 Å². The van der Waals surface area contributed by atoms with E-state index in [1.54, 1.807) is 13.0 Å². The van der Waals surface area contributed by atoms with Crippen LogP contribution in [0, 0.1) is 10.1 Å². The molecule has 4 rings (SSSR count). The van der Waals surface area contributed by atoms with Crippen LogP contribution in [-0.4, -0.2) is 45.3 Å². The largest absolute Gasteiger partial charge is 0.495 e. The molecule has 2 N–H and O–H groups in total. The Kier molecular flexibility index (Phi) is 5.84. The number of carbonyl (C=O) groups is 1. The molecule has 0 saturated heterocycles. The van der Waals surface area contributed by atoms with Gasteiger partial charge < -0.3 is 20.1 Å². The second-order valence-corrected chi connectivity index (χ2v) is 7.41. The molecule has 0 saturated carbocycles. The number of nitrogens with zero attached hydrogens (tertiary/aromatic N) is 5. The summed E-state index contributed by atoms with van der Waals surface area (Å²) in [6.07, 6.45) is 0. The molecule has 170 valence electrons. The van der Waals surface area contributed by atoms with E-state index in [0.717, 1.165) is 0 Å². The topological polar surface area (TPSA) is 146 Å². The van der Waals surface area contributed by atoms with Crippen LogP contribution in [0.2, 0.25) is 5.02 Å². The van der Waals surface area contributed by atoms with Crippen LogP contribution in [0.5, 0.6) is 11.5 Å². The Balaban J connectivity index is 1.79. The average molecular weight is 472 g/mol. The number of tetrazole rings is 1. The van der Waals surface area contributed by atoms with E-state index in [2.05, 4.69) is 26.2 Å². The second-order valence-electron chi connectivity index (χ2n) is 7.01. The van der Waals surface area contributed by atoms with Gasteiger partial charge in [0.05, 0.1) is 35.4 Å². The fraction of sp³-hybridized carbons (Fsp3) is 0.200. The van der Waals surface area contributed by atoms with Crippen LogP contribution in [0.15, 0.2) is 47.7 Å². The lowest BCUT2D eigenvalue weighted by atomic mass is 9.94. The maximum Gasteiger partial charge on any atom is 0.269 e.